The second-order valence-electron chi connectivity index (χ2n) is 11.0. The van der Waals surface area contributed by atoms with Crippen LogP contribution in [0.1, 0.15) is 70.8 Å². The van der Waals surface area contributed by atoms with Crippen LogP contribution in [0.25, 0.3) is 22.2 Å². The van der Waals surface area contributed by atoms with Crippen LogP contribution in [-0.4, -0.2) is 23.5 Å². The molecule has 196 valence electrons. The van der Waals surface area contributed by atoms with Crippen LogP contribution in [0.5, 0.6) is 0 Å². The smallest absolute Gasteiger partial charge is 0.341 e. The molecule has 1 atom stereocenters. The van der Waals surface area contributed by atoms with Gasteiger partial charge in [-0.3, -0.25) is 4.79 Å². The zero-order valence-corrected chi connectivity index (χ0v) is 23.5. The number of pyridine rings is 1. The van der Waals surface area contributed by atoms with Crippen molar-refractivity contribution in [3.63, 3.8) is 0 Å². The SMILES string of the molecule is CCOC(=O)c1c(NC(=O)c2c(C)c(-c3ccccc3)nc3ccccc23)sc2c1CC[C@@H](C(C)(C)C)C2. The van der Waals surface area contributed by atoms with E-state index in [0.717, 1.165) is 52.5 Å². The molecule has 2 heterocycles. The summed E-state index contributed by atoms with van der Waals surface area (Å²) in [5, 5.41) is 4.50. The molecule has 2 aromatic heterocycles. The Bertz CT molecular complexity index is 1520. The minimum absolute atomic E-state index is 0.177. The summed E-state index contributed by atoms with van der Waals surface area (Å²) in [7, 11) is 0. The van der Waals surface area contributed by atoms with Gasteiger partial charge in [-0.25, -0.2) is 9.78 Å². The van der Waals surface area contributed by atoms with Gasteiger partial charge in [-0.2, -0.15) is 0 Å². The van der Waals surface area contributed by atoms with E-state index in [0.29, 0.717) is 22.0 Å². The third-order valence-corrected chi connectivity index (χ3v) is 8.78. The summed E-state index contributed by atoms with van der Waals surface area (Å²) in [5.41, 5.74) is 5.59. The number of nitrogens with one attached hydrogen (secondary N) is 1. The number of rotatable bonds is 5. The van der Waals surface area contributed by atoms with Gasteiger partial charge < -0.3 is 10.1 Å². The molecule has 5 nitrogen and oxygen atoms in total. The molecule has 1 aliphatic rings. The number of aromatic nitrogens is 1. The van der Waals surface area contributed by atoms with Gasteiger partial charge in [0.15, 0.2) is 0 Å². The Hall–Kier alpha value is -3.51. The molecule has 2 aromatic carbocycles. The number of carbonyl (C=O) groups is 2. The van der Waals surface area contributed by atoms with E-state index >= 15 is 0 Å². The van der Waals surface area contributed by atoms with Crippen molar-refractivity contribution in [1.82, 2.24) is 4.98 Å². The Balaban J connectivity index is 1.60. The van der Waals surface area contributed by atoms with Crippen LogP contribution in [0.15, 0.2) is 54.6 Å². The number of benzene rings is 2. The Morgan fingerprint density at radius 2 is 1.76 bits per heavy atom. The van der Waals surface area contributed by atoms with E-state index in [-0.39, 0.29) is 23.9 Å². The van der Waals surface area contributed by atoms with Crippen LogP contribution >= 0.6 is 11.3 Å². The van der Waals surface area contributed by atoms with Crippen molar-refractivity contribution in [1.29, 1.82) is 0 Å². The third-order valence-electron chi connectivity index (χ3n) is 7.61. The third kappa shape index (κ3) is 4.85. The Morgan fingerprint density at radius 1 is 1.05 bits per heavy atom. The summed E-state index contributed by atoms with van der Waals surface area (Å²) < 4.78 is 5.45. The number of ether oxygens (including phenoxy) is 1. The minimum Gasteiger partial charge on any atom is -0.462 e. The Kier molecular flexibility index (Phi) is 7.10. The zero-order chi connectivity index (χ0) is 27.0. The monoisotopic (exact) mass is 526 g/mol. The fourth-order valence-electron chi connectivity index (χ4n) is 5.47. The number of hydrogen-bond acceptors (Lipinski definition) is 5. The average molecular weight is 527 g/mol. The number of carbonyl (C=O) groups excluding carboxylic acids is 2. The van der Waals surface area contributed by atoms with E-state index in [1.54, 1.807) is 0 Å². The van der Waals surface area contributed by atoms with Gasteiger partial charge >= 0.3 is 5.97 Å². The van der Waals surface area contributed by atoms with Gasteiger partial charge in [-0.1, -0.05) is 69.3 Å². The molecule has 0 bridgehead atoms. The highest BCUT2D eigenvalue weighted by atomic mass is 32.1. The predicted molar refractivity (Wildman–Crippen MR) is 155 cm³/mol. The minimum atomic E-state index is -0.365. The van der Waals surface area contributed by atoms with Crippen molar-refractivity contribution in [3.8, 4) is 11.3 Å². The molecule has 0 saturated carbocycles. The molecule has 0 radical (unpaired) electrons. The fraction of sp³-hybridized carbons (Fsp3) is 0.344. The number of amides is 1. The number of nitrogens with zero attached hydrogens (tertiary/aromatic N) is 1. The van der Waals surface area contributed by atoms with Gasteiger partial charge in [0.1, 0.15) is 5.00 Å². The van der Waals surface area contributed by atoms with Crippen molar-refractivity contribution in [2.45, 2.75) is 53.9 Å². The first-order valence-electron chi connectivity index (χ1n) is 13.3. The molecule has 0 fully saturated rings. The maximum Gasteiger partial charge on any atom is 0.341 e. The van der Waals surface area contributed by atoms with E-state index in [9.17, 15) is 9.59 Å². The second kappa shape index (κ2) is 10.3. The number of hydrogen-bond donors (Lipinski definition) is 1. The predicted octanol–water partition coefficient (Wildman–Crippen LogP) is 7.85. The van der Waals surface area contributed by atoms with Gasteiger partial charge in [-0.05, 0) is 61.6 Å². The number of esters is 1. The maximum atomic E-state index is 14.0. The molecular formula is C32H34N2O3S. The second-order valence-corrected chi connectivity index (χ2v) is 12.1. The maximum absolute atomic E-state index is 14.0. The molecule has 0 spiro atoms. The van der Waals surface area contributed by atoms with Crippen molar-refractivity contribution in [2.24, 2.45) is 11.3 Å². The number of anilines is 1. The van der Waals surface area contributed by atoms with Crippen molar-refractivity contribution < 1.29 is 14.3 Å². The molecule has 4 aromatic rings. The first-order chi connectivity index (χ1) is 18.2. The highest BCUT2D eigenvalue weighted by molar-refractivity contribution is 7.17. The van der Waals surface area contributed by atoms with Crippen LogP contribution in [0.3, 0.4) is 0 Å². The molecule has 1 N–H and O–H groups in total. The van der Waals surface area contributed by atoms with E-state index in [1.807, 2.05) is 68.4 Å². The highest BCUT2D eigenvalue weighted by Gasteiger charge is 2.35. The van der Waals surface area contributed by atoms with Crippen LogP contribution < -0.4 is 5.32 Å². The summed E-state index contributed by atoms with van der Waals surface area (Å²) in [6, 6.07) is 17.6. The largest absolute Gasteiger partial charge is 0.462 e. The van der Waals surface area contributed by atoms with Gasteiger partial charge in [0.25, 0.3) is 5.91 Å². The fourth-order valence-corrected chi connectivity index (χ4v) is 6.79. The molecule has 0 aliphatic heterocycles. The van der Waals surface area contributed by atoms with E-state index in [1.165, 1.54) is 16.2 Å². The van der Waals surface area contributed by atoms with Gasteiger partial charge in [0.2, 0.25) is 0 Å². The number of para-hydroxylation sites is 1. The molecule has 0 unspecified atom stereocenters. The summed E-state index contributed by atoms with van der Waals surface area (Å²) in [5.74, 6) is -0.0855. The van der Waals surface area contributed by atoms with Crippen LogP contribution in [0.2, 0.25) is 0 Å². The van der Waals surface area contributed by atoms with Gasteiger partial charge in [0, 0.05) is 15.8 Å². The lowest BCUT2D eigenvalue weighted by Crippen LogP contribution is -2.26. The first kappa shape index (κ1) is 26.1. The standard InChI is InChI=1S/C32H34N2O3S/c1-6-37-31(36)27-23-17-16-21(32(3,4)5)18-25(23)38-30(27)34-29(35)26-19(2)28(20-12-8-7-9-13-20)33-24-15-11-10-14-22(24)26/h7-15,21H,6,16-18H2,1-5H3,(H,34,35)/t21-/m1/s1. The van der Waals surface area contributed by atoms with Crippen molar-refractivity contribution in [3.05, 3.63) is 81.7 Å². The van der Waals surface area contributed by atoms with E-state index in [2.05, 4.69) is 26.1 Å². The van der Waals surface area contributed by atoms with Gasteiger partial charge in [-0.15, -0.1) is 11.3 Å². The first-order valence-corrected chi connectivity index (χ1v) is 14.1. The quantitative estimate of drug-likeness (QED) is 0.269. The molecular weight excluding hydrogens is 492 g/mol. The van der Waals surface area contributed by atoms with E-state index in [4.69, 9.17) is 9.72 Å². The van der Waals surface area contributed by atoms with E-state index < -0.39 is 0 Å². The van der Waals surface area contributed by atoms with Gasteiger partial charge in [0.05, 0.1) is 28.9 Å². The average Bonchev–Trinajstić information content (AvgIpc) is 3.25. The topological polar surface area (TPSA) is 68.3 Å². The van der Waals surface area contributed by atoms with Crippen LogP contribution in [0, 0.1) is 18.3 Å². The van der Waals surface area contributed by atoms with Crippen molar-refractivity contribution in [2.75, 3.05) is 11.9 Å². The highest BCUT2D eigenvalue weighted by Crippen LogP contribution is 2.45. The summed E-state index contributed by atoms with van der Waals surface area (Å²) in [6.07, 6.45) is 2.73. The lowest BCUT2D eigenvalue weighted by Gasteiger charge is -2.33. The molecule has 1 aliphatic carbocycles. The normalized spacial score (nSPS) is 15.2. The van der Waals surface area contributed by atoms with Crippen molar-refractivity contribution >= 4 is 39.1 Å². The molecule has 5 rings (SSSR count). The molecule has 6 heteroatoms. The van der Waals surface area contributed by atoms with Crippen LogP contribution in [0.4, 0.5) is 5.00 Å². The number of thiophene rings is 1. The summed E-state index contributed by atoms with van der Waals surface area (Å²) in [4.78, 5) is 33.2. The van der Waals surface area contributed by atoms with Crippen LogP contribution in [-0.2, 0) is 17.6 Å². The summed E-state index contributed by atoms with van der Waals surface area (Å²) in [6.45, 7) is 10.8. The molecule has 0 saturated heterocycles. The summed E-state index contributed by atoms with van der Waals surface area (Å²) >= 11 is 1.52. The Morgan fingerprint density at radius 3 is 2.47 bits per heavy atom. The number of fused-ring (bicyclic) bond motifs is 2. The molecule has 38 heavy (non-hydrogen) atoms. The lowest BCUT2D eigenvalue weighted by atomic mass is 9.72. The lowest BCUT2D eigenvalue weighted by molar-refractivity contribution is 0.0526. The Labute approximate surface area is 228 Å². The zero-order valence-electron chi connectivity index (χ0n) is 22.7. The molecule has 1 amide bonds.